The van der Waals surface area contributed by atoms with Crippen molar-refractivity contribution < 1.29 is 4.79 Å². The van der Waals surface area contributed by atoms with Crippen LogP contribution in [0.3, 0.4) is 0 Å². The van der Waals surface area contributed by atoms with Crippen LogP contribution in [0.5, 0.6) is 0 Å². The zero-order valence-corrected chi connectivity index (χ0v) is 12.2. The number of halogens is 1. The molecule has 5 heteroatoms. The first-order valence-electron chi connectivity index (χ1n) is 5.90. The monoisotopic (exact) mass is 286 g/mol. The molecule has 100 valence electrons. The highest BCUT2D eigenvalue weighted by Crippen LogP contribution is 2.32. The Hall–Kier alpha value is -0.710. The van der Waals surface area contributed by atoms with Crippen molar-refractivity contribution in [2.24, 2.45) is 5.73 Å². The van der Waals surface area contributed by atoms with Gasteiger partial charge in [0.25, 0.3) is 0 Å². The Morgan fingerprint density at radius 1 is 1.44 bits per heavy atom. The van der Waals surface area contributed by atoms with E-state index in [1.165, 1.54) is 11.8 Å². The molecule has 1 rings (SSSR count). The Morgan fingerprint density at radius 2 is 2.11 bits per heavy atom. The maximum atomic E-state index is 11.6. The Kier molecular flexibility index (Phi) is 6.54. The number of thioether (sulfide) groups is 1. The second-order valence-corrected chi connectivity index (χ2v) is 5.88. The van der Waals surface area contributed by atoms with Crippen molar-refractivity contribution in [3.8, 4) is 0 Å². The molecule has 0 saturated heterocycles. The topological polar surface area (TPSA) is 55.1 Å². The van der Waals surface area contributed by atoms with Crippen LogP contribution in [0.4, 0.5) is 0 Å². The van der Waals surface area contributed by atoms with Crippen LogP contribution in [0.25, 0.3) is 0 Å². The van der Waals surface area contributed by atoms with Gasteiger partial charge in [-0.15, -0.1) is 11.8 Å². The highest BCUT2D eigenvalue weighted by atomic mass is 35.5. The van der Waals surface area contributed by atoms with Crippen LogP contribution in [-0.4, -0.2) is 24.2 Å². The number of nitrogens with two attached hydrogens (primary N) is 1. The van der Waals surface area contributed by atoms with Gasteiger partial charge in [-0.05, 0) is 25.5 Å². The number of carbonyl (C=O) groups excluding carboxylic acids is 1. The Balaban J connectivity index is 2.58. The third-order valence-corrected chi connectivity index (χ3v) is 3.95. The Bertz CT molecular complexity index is 398. The lowest BCUT2D eigenvalue weighted by atomic mass is 10.1. The molecule has 0 aliphatic heterocycles. The van der Waals surface area contributed by atoms with Crippen LogP contribution in [-0.2, 0) is 4.79 Å². The number of carbonyl (C=O) groups is 1. The number of benzene rings is 1. The normalized spacial score (nSPS) is 12.5. The molecule has 0 aromatic heterocycles. The summed E-state index contributed by atoms with van der Waals surface area (Å²) in [4.78, 5) is 11.6. The summed E-state index contributed by atoms with van der Waals surface area (Å²) in [6.07, 6.45) is 0. The van der Waals surface area contributed by atoms with E-state index in [1.54, 1.807) is 0 Å². The molecule has 1 unspecified atom stereocenters. The van der Waals surface area contributed by atoms with Gasteiger partial charge in [-0.2, -0.15) is 0 Å². The second-order valence-electron chi connectivity index (χ2n) is 4.28. The summed E-state index contributed by atoms with van der Waals surface area (Å²) >= 11 is 7.65. The number of amides is 1. The van der Waals surface area contributed by atoms with Gasteiger partial charge in [0, 0.05) is 22.9 Å². The molecule has 0 fully saturated rings. The van der Waals surface area contributed by atoms with E-state index in [1.807, 2.05) is 38.1 Å². The third-order valence-electron chi connectivity index (χ3n) is 2.33. The van der Waals surface area contributed by atoms with Gasteiger partial charge in [0.2, 0.25) is 5.91 Å². The van der Waals surface area contributed by atoms with Crippen molar-refractivity contribution >= 4 is 29.3 Å². The van der Waals surface area contributed by atoms with Gasteiger partial charge >= 0.3 is 0 Å². The summed E-state index contributed by atoms with van der Waals surface area (Å²) in [5.74, 6) is 0.422. The molecule has 3 N–H and O–H groups in total. The first kappa shape index (κ1) is 15.3. The zero-order chi connectivity index (χ0) is 13.5. The molecule has 0 aliphatic carbocycles. The molecule has 0 bridgehead atoms. The summed E-state index contributed by atoms with van der Waals surface area (Å²) in [6, 6.07) is 7.77. The Labute approximate surface area is 117 Å². The second kappa shape index (κ2) is 7.67. The van der Waals surface area contributed by atoms with E-state index < -0.39 is 0 Å². The molecule has 1 aromatic carbocycles. The van der Waals surface area contributed by atoms with Gasteiger partial charge in [0.1, 0.15) is 0 Å². The van der Waals surface area contributed by atoms with Crippen molar-refractivity contribution in [3.05, 3.63) is 34.9 Å². The highest BCUT2D eigenvalue weighted by molar-refractivity contribution is 8.00. The predicted molar refractivity (Wildman–Crippen MR) is 79.0 cm³/mol. The van der Waals surface area contributed by atoms with Crippen molar-refractivity contribution in [2.45, 2.75) is 25.1 Å². The zero-order valence-electron chi connectivity index (χ0n) is 10.7. The molecule has 1 atom stereocenters. The fraction of sp³-hybridized carbons (Fsp3) is 0.462. The van der Waals surface area contributed by atoms with Gasteiger partial charge in [0.05, 0.1) is 5.75 Å². The SMILES string of the molecule is CC(C)NC(=O)CSC(CN)c1ccccc1Cl. The third kappa shape index (κ3) is 4.88. The number of nitrogens with one attached hydrogen (secondary N) is 1. The maximum absolute atomic E-state index is 11.6. The van der Waals surface area contributed by atoms with Gasteiger partial charge in [-0.3, -0.25) is 4.79 Å². The minimum Gasteiger partial charge on any atom is -0.353 e. The van der Waals surface area contributed by atoms with Gasteiger partial charge in [0.15, 0.2) is 0 Å². The molecule has 3 nitrogen and oxygen atoms in total. The summed E-state index contributed by atoms with van der Waals surface area (Å²) in [6.45, 7) is 4.34. The van der Waals surface area contributed by atoms with E-state index >= 15 is 0 Å². The average Bonchev–Trinajstić information content (AvgIpc) is 2.31. The molecular formula is C13H19ClN2OS. The van der Waals surface area contributed by atoms with Crippen molar-refractivity contribution in [1.82, 2.24) is 5.32 Å². The van der Waals surface area contributed by atoms with Crippen LogP contribution in [0.2, 0.25) is 5.02 Å². The number of hydrogen-bond donors (Lipinski definition) is 2. The van der Waals surface area contributed by atoms with Crippen molar-refractivity contribution in [1.29, 1.82) is 0 Å². The predicted octanol–water partition coefficient (Wildman–Crippen LogP) is 2.60. The van der Waals surface area contributed by atoms with E-state index in [2.05, 4.69) is 5.32 Å². The molecule has 0 aliphatic rings. The standard InChI is InChI=1S/C13H19ClN2OS/c1-9(2)16-13(17)8-18-12(7-15)10-5-3-4-6-11(10)14/h3-6,9,12H,7-8,15H2,1-2H3,(H,16,17). The lowest BCUT2D eigenvalue weighted by Gasteiger charge is -2.16. The molecule has 0 spiro atoms. The van der Waals surface area contributed by atoms with E-state index in [0.29, 0.717) is 17.3 Å². The van der Waals surface area contributed by atoms with Gasteiger partial charge in [-0.1, -0.05) is 29.8 Å². The van der Waals surface area contributed by atoms with Gasteiger partial charge < -0.3 is 11.1 Å². The first-order chi connectivity index (χ1) is 8.54. The van der Waals surface area contributed by atoms with E-state index in [0.717, 1.165) is 5.56 Å². The lowest BCUT2D eigenvalue weighted by Crippen LogP contribution is -2.32. The lowest BCUT2D eigenvalue weighted by molar-refractivity contribution is -0.119. The van der Waals surface area contributed by atoms with E-state index in [9.17, 15) is 4.79 Å². The van der Waals surface area contributed by atoms with Crippen LogP contribution in [0.1, 0.15) is 24.7 Å². The summed E-state index contributed by atoms with van der Waals surface area (Å²) in [5, 5.41) is 3.61. The van der Waals surface area contributed by atoms with Gasteiger partial charge in [-0.25, -0.2) is 0 Å². The van der Waals surface area contributed by atoms with Crippen LogP contribution in [0.15, 0.2) is 24.3 Å². The van der Waals surface area contributed by atoms with Crippen molar-refractivity contribution in [3.63, 3.8) is 0 Å². The molecule has 0 heterocycles. The largest absolute Gasteiger partial charge is 0.353 e. The van der Waals surface area contributed by atoms with E-state index in [-0.39, 0.29) is 17.2 Å². The maximum Gasteiger partial charge on any atom is 0.230 e. The summed E-state index contributed by atoms with van der Waals surface area (Å²) < 4.78 is 0. The summed E-state index contributed by atoms with van der Waals surface area (Å²) in [5.41, 5.74) is 6.74. The van der Waals surface area contributed by atoms with Crippen LogP contribution < -0.4 is 11.1 Å². The fourth-order valence-corrected chi connectivity index (χ4v) is 2.85. The first-order valence-corrected chi connectivity index (χ1v) is 7.32. The minimum atomic E-state index is 0.0282. The molecule has 18 heavy (non-hydrogen) atoms. The number of hydrogen-bond acceptors (Lipinski definition) is 3. The quantitative estimate of drug-likeness (QED) is 0.845. The van der Waals surface area contributed by atoms with Crippen molar-refractivity contribution in [2.75, 3.05) is 12.3 Å². The Morgan fingerprint density at radius 3 is 2.67 bits per heavy atom. The molecule has 0 saturated carbocycles. The molecular weight excluding hydrogens is 268 g/mol. The highest BCUT2D eigenvalue weighted by Gasteiger charge is 2.15. The van der Waals surface area contributed by atoms with Crippen LogP contribution in [0, 0.1) is 0 Å². The molecule has 1 amide bonds. The van der Waals surface area contributed by atoms with E-state index in [4.69, 9.17) is 17.3 Å². The average molecular weight is 287 g/mol. The van der Waals surface area contributed by atoms with Crippen LogP contribution >= 0.6 is 23.4 Å². The molecule has 0 radical (unpaired) electrons. The summed E-state index contributed by atoms with van der Waals surface area (Å²) in [7, 11) is 0. The fourth-order valence-electron chi connectivity index (χ4n) is 1.56. The number of rotatable bonds is 6. The minimum absolute atomic E-state index is 0.0282. The molecule has 1 aromatic rings. The smallest absolute Gasteiger partial charge is 0.230 e.